The van der Waals surface area contributed by atoms with Gasteiger partial charge in [0, 0.05) is 32.8 Å². The van der Waals surface area contributed by atoms with Crippen LogP contribution in [0.15, 0.2) is 24.3 Å². The van der Waals surface area contributed by atoms with Crippen LogP contribution >= 0.6 is 0 Å². The molecule has 3 nitrogen and oxygen atoms in total. The van der Waals surface area contributed by atoms with Crippen molar-refractivity contribution in [3.8, 4) is 0 Å². The molecule has 100 valence electrons. The third-order valence-electron chi connectivity index (χ3n) is 3.60. The third kappa shape index (κ3) is 3.51. The Hall–Kier alpha value is -0.970. The average molecular weight is 252 g/mol. The molecule has 1 aliphatic heterocycles. The molecule has 4 heteroatoms. The highest BCUT2D eigenvalue weighted by atomic mass is 19.1. The molecular formula is C14H21FN2O. The second-order valence-corrected chi connectivity index (χ2v) is 4.90. The van der Waals surface area contributed by atoms with Crippen LogP contribution in [0.4, 0.5) is 4.39 Å². The zero-order valence-corrected chi connectivity index (χ0v) is 10.8. The Balaban J connectivity index is 1.80. The number of halogens is 1. The summed E-state index contributed by atoms with van der Waals surface area (Å²) in [5, 5.41) is 0. The molecule has 1 fully saturated rings. The lowest BCUT2D eigenvalue weighted by Crippen LogP contribution is -2.26. The van der Waals surface area contributed by atoms with E-state index < -0.39 is 0 Å². The van der Waals surface area contributed by atoms with Crippen LogP contribution in [0.5, 0.6) is 0 Å². The van der Waals surface area contributed by atoms with Crippen LogP contribution in [0.3, 0.4) is 0 Å². The van der Waals surface area contributed by atoms with Crippen LogP contribution in [0, 0.1) is 5.82 Å². The number of ether oxygens (including phenoxy) is 1. The lowest BCUT2D eigenvalue weighted by Gasteiger charge is -2.19. The van der Waals surface area contributed by atoms with Crippen LogP contribution in [0.1, 0.15) is 24.4 Å². The van der Waals surface area contributed by atoms with Gasteiger partial charge in [0.1, 0.15) is 5.82 Å². The number of hydrogen-bond donors (Lipinski definition) is 1. The molecule has 2 N–H and O–H groups in total. The van der Waals surface area contributed by atoms with Crippen LogP contribution in [0.2, 0.25) is 0 Å². The summed E-state index contributed by atoms with van der Waals surface area (Å²) in [5.41, 5.74) is 6.96. The van der Waals surface area contributed by atoms with Gasteiger partial charge in [-0.25, -0.2) is 4.39 Å². The van der Waals surface area contributed by atoms with E-state index in [2.05, 4.69) is 4.90 Å². The Morgan fingerprint density at radius 2 is 2.39 bits per heavy atom. The van der Waals surface area contributed by atoms with Crippen molar-refractivity contribution in [2.75, 3.05) is 26.7 Å². The molecule has 2 atom stereocenters. The van der Waals surface area contributed by atoms with E-state index in [-0.39, 0.29) is 11.9 Å². The maximum atomic E-state index is 13.1. The molecule has 0 amide bonds. The van der Waals surface area contributed by atoms with E-state index >= 15 is 0 Å². The predicted octanol–water partition coefficient (Wildman–Crippen LogP) is 1.94. The smallest absolute Gasteiger partial charge is 0.123 e. The van der Waals surface area contributed by atoms with E-state index in [0.717, 1.165) is 38.0 Å². The molecule has 18 heavy (non-hydrogen) atoms. The Morgan fingerprint density at radius 3 is 3.06 bits per heavy atom. The highest BCUT2D eigenvalue weighted by Crippen LogP contribution is 2.18. The normalized spacial score (nSPS) is 22.3. The number of rotatable bonds is 5. The Kier molecular flexibility index (Phi) is 4.69. The zero-order valence-electron chi connectivity index (χ0n) is 10.8. The zero-order chi connectivity index (χ0) is 13.0. The van der Waals surface area contributed by atoms with Crippen molar-refractivity contribution in [3.63, 3.8) is 0 Å². The monoisotopic (exact) mass is 252 g/mol. The molecule has 1 heterocycles. The largest absolute Gasteiger partial charge is 0.380 e. The number of methoxy groups -OCH3 is 1. The number of benzene rings is 1. The quantitative estimate of drug-likeness (QED) is 0.870. The summed E-state index contributed by atoms with van der Waals surface area (Å²) in [6.45, 7) is 2.98. The van der Waals surface area contributed by atoms with Crippen molar-refractivity contribution in [1.29, 1.82) is 0 Å². The summed E-state index contributed by atoms with van der Waals surface area (Å²) in [7, 11) is 1.76. The Morgan fingerprint density at radius 1 is 1.56 bits per heavy atom. The van der Waals surface area contributed by atoms with Crippen molar-refractivity contribution < 1.29 is 9.13 Å². The van der Waals surface area contributed by atoms with Gasteiger partial charge >= 0.3 is 0 Å². The lowest BCUT2D eigenvalue weighted by molar-refractivity contribution is 0.108. The minimum absolute atomic E-state index is 0.0951. The standard InChI is InChI=1S/C14H21FN2O/c1-18-13-5-7-17(10-13)8-6-14(16)11-3-2-4-12(15)9-11/h2-4,9,13-14H,5-8,10,16H2,1H3. The predicted molar refractivity (Wildman–Crippen MR) is 69.8 cm³/mol. The first kappa shape index (κ1) is 13.5. The molecular weight excluding hydrogens is 231 g/mol. The fourth-order valence-corrected chi connectivity index (χ4v) is 2.42. The van der Waals surface area contributed by atoms with E-state index in [9.17, 15) is 4.39 Å². The third-order valence-corrected chi connectivity index (χ3v) is 3.60. The van der Waals surface area contributed by atoms with Crippen molar-refractivity contribution in [2.45, 2.75) is 25.0 Å². The maximum absolute atomic E-state index is 13.1. The molecule has 1 aromatic carbocycles. The van der Waals surface area contributed by atoms with Gasteiger partial charge in [-0.2, -0.15) is 0 Å². The average Bonchev–Trinajstić information content (AvgIpc) is 2.84. The molecule has 0 saturated carbocycles. The highest BCUT2D eigenvalue weighted by molar-refractivity contribution is 5.19. The van der Waals surface area contributed by atoms with Gasteiger partial charge in [-0.1, -0.05) is 12.1 Å². The Labute approximate surface area is 108 Å². The number of nitrogens with two attached hydrogens (primary N) is 1. The minimum atomic E-state index is -0.219. The molecule has 2 rings (SSSR count). The van der Waals surface area contributed by atoms with Gasteiger partial charge in [-0.3, -0.25) is 0 Å². The van der Waals surface area contributed by atoms with Crippen LogP contribution in [-0.2, 0) is 4.74 Å². The summed E-state index contributed by atoms with van der Waals surface area (Å²) in [4.78, 5) is 2.35. The molecule has 1 aromatic rings. The van der Waals surface area contributed by atoms with E-state index in [1.807, 2.05) is 6.07 Å². The van der Waals surface area contributed by atoms with E-state index in [4.69, 9.17) is 10.5 Å². The number of nitrogens with zero attached hydrogens (tertiary/aromatic N) is 1. The van der Waals surface area contributed by atoms with Gasteiger partial charge in [-0.05, 0) is 30.5 Å². The fraction of sp³-hybridized carbons (Fsp3) is 0.571. The van der Waals surface area contributed by atoms with Gasteiger partial charge in [0.05, 0.1) is 6.10 Å². The molecule has 0 radical (unpaired) electrons. The van der Waals surface area contributed by atoms with Gasteiger partial charge < -0.3 is 15.4 Å². The van der Waals surface area contributed by atoms with Crippen LogP contribution < -0.4 is 5.73 Å². The molecule has 0 aliphatic carbocycles. The molecule has 1 aliphatic rings. The first-order valence-electron chi connectivity index (χ1n) is 6.45. The topological polar surface area (TPSA) is 38.5 Å². The molecule has 1 saturated heterocycles. The van der Waals surface area contributed by atoms with E-state index in [1.165, 1.54) is 12.1 Å². The number of hydrogen-bond acceptors (Lipinski definition) is 3. The van der Waals surface area contributed by atoms with E-state index in [0.29, 0.717) is 6.10 Å². The van der Waals surface area contributed by atoms with Crippen molar-refractivity contribution in [1.82, 2.24) is 4.90 Å². The summed E-state index contributed by atoms with van der Waals surface area (Å²) in [6.07, 6.45) is 2.29. The SMILES string of the molecule is COC1CCN(CCC(N)c2cccc(F)c2)C1. The molecule has 0 spiro atoms. The Bertz CT molecular complexity index is 386. The van der Waals surface area contributed by atoms with E-state index in [1.54, 1.807) is 13.2 Å². The van der Waals surface area contributed by atoms with Gasteiger partial charge in [0.25, 0.3) is 0 Å². The van der Waals surface area contributed by atoms with Gasteiger partial charge in [0.2, 0.25) is 0 Å². The van der Waals surface area contributed by atoms with Gasteiger partial charge in [-0.15, -0.1) is 0 Å². The second kappa shape index (κ2) is 6.27. The molecule has 0 aromatic heterocycles. The van der Waals surface area contributed by atoms with Crippen LogP contribution in [0.25, 0.3) is 0 Å². The number of likely N-dealkylation sites (tertiary alicyclic amines) is 1. The first-order valence-corrected chi connectivity index (χ1v) is 6.45. The highest BCUT2D eigenvalue weighted by Gasteiger charge is 2.22. The molecule has 0 bridgehead atoms. The minimum Gasteiger partial charge on any atom is -0.380 e. The summed E-state index contributed by atoms with van der Waals surface area (Å²) in [5.74, 6) is -0.219. The first-order chi connectivity index (χ1) is 8.69. The van der Waals surface area contributed by atoms with Gasteiger partial charge in [0.15, 0.2) is 0 Å². The second-order valence-electron chi connectivity index (χ2n) is 4.90. The summed E-state index contributed by atoms with van der Waals surface area (Å²) in [6, 6.07) is 6.46. The van der Waals surface area contributed by atoms with Crippen LogP contribution in [-0.4, -0.2) is 37.7 Å². The van der Waals surface area contributed by atoms with Crippen molar-refractivity contribution >= 4 is 0 Å². The molecule has 2 unspecified atom stereocenters. The fourth-order valence-electron chi connectivity index (χ4n) is 2.42. The lowest BCUT2D eigenvalue weighted by atomic mass is 10.0. The maximum Gasteiger partial charge on any atom is 0.123 e. The summed E-state index contributed by atoms with van der Waals surface area (Å²) >= 11 is 0. The van der Waals surface area contributed by atoms with Crippen molar-refractivity contribution in [3.05, 3.63) is 35.6 Å². The summed E-state index contributed by atoms with van der Waals surface area (Å²) < 4.78 is 18.4. The van der Waals surface area contributed by atoms with Crippen molar-refractivity contribution in [2.24, 2.45) is 5.73 Å².